The smallest absolute Gasteiger partial charge is 0.214 e. The molecule has 0 fully saturated rings. The van der Waals surface area contributed by atoms with Crippen molar-refractivity contribution in [2.45, 2.75) is 68.9 Å². The van der Waals surface area contributed by atoms with Crippen LogP contribution in [0.1, 0.15) is 57.8 Å². The van der Waals surface area contributed by atoms with E-state index in [9.17, 15) is 19.2 Å². The predicted molar refractivity (Wildman–Crippen MR) is 104 cm³/mol. The van der Waals surface area contributed by atoms with Gasteiger partial charge in [-0.25, -0.2) is 6.57 Å². The van der Waals surface area contributed by atoms with E-state index in [1.807, 2.05) is 0 Å². The lowest BCUT2D eigenvalue weighted by Gasteiger charge is -2.29. The molecule has 8 heteroatoms. The first kappa shape index (κ1) is 25.6. The SMILES string of the molecule is [C-]#[N+]CCCCCNC(C=O)(C=O)CCC(C=O)(C=O)NCCCCCC#N. The van der Waals surface area contributed by atoms with Gasteiger partial charge in [-0.3, -0.25) is 10.6 Å². The number of carbonyl (C=O) groups excluding carboxylic acids is 4. The molecule has 0 atom stereocenters. The first-order chi connectivity index (χ1) is 13.6. The molecule has 0 bridgehead atoms. The van der Waals surface area contributed by atoms with Crippen LogP contribution in [0.3, 0.4) is 0 Å². The Morgan fingerprint density at radius 1 is 0.786 bits per heavy atom. The number of carbonyl (C=O) groups is 4. The Bertz CT molecular complexity index is 500. The predicted octanol–water partition coefficient (Wildman–Crippen LogP) is 1.39. The van der Waals surface area contributed by atoms with Gasteiger partial charge in [-0.15, -0.1) is 0 Å². The minimum Gasteiger partial charge on any atom is -0.317 e. The Hall–Kier alpha value is -2.42. The molecule has 0 aromatic carbocycles. The molecule has 0 aliphatic heterocycles. The minimum atomic E-state index is -1.44. The van der Waals surface area contributed by atoms with Crippen LogP contribution in [-0.2, 0) is 19.2 Å². The highest BCUT2D eigenvalue weighted by molar-refractivity contribution is 5.91. The van der Waals surface area contributed by atoms with E-state index in [2.05, 4.69) is 21.5 Å². The molecule has 0 aromatic rings. The Morgan fingerprint density at radius 2 is 1.25 bits per heavy atom. The molecule has 0 rings (SSSR count). The summed E-state index contributed by atoms with van der Waals surface area (Å²) in [7, 11) is 0. The van der Waals surface area contributed by atoms with Gasteiger partial charge in [-0.05, 0) is 51.6 Å². The Balaban J connectivity index is 4.61. The topological polar surface area (TPSA) is 120 Å². The molecular formula is C20H30N4O4. The van der Waals surface area contributed by atoms with Gasteiger partial charge in [0.15, 0.2) is 0 Å². The van der Waals surface area contributed by atoms with Crippen LogP contribution in [0.2, 0.25) is 0 Å². The molecule has 8 nitrogen and oxygen atoms in total. The van der Waals surface area contributed by atoms with E-state index in [-0.39, 0.29) is 12.8 Å². The van der Waals surface area contributed by atoms with Crippen molar-refractivity contribution in [3.63, 3.8) is 0 Å². The van der Waals surface area contributed by atoms with Crippen molar-refractivity contribution in [2.24, 2.45) is 0 Å². The molecule has 0 spiro atoms. The second-order valence-electron chi connectivity index (χ2n) is 6.82. The molecule has 28 heavy (non-hydrogen) atoms. The number of aldehydes is 4. The van der Waals surface area contributed by atoms with Crippen LogP contribution >= 0.6 is 0 Å². The minimum absolute atomic E-state index is 0.0143. The fourth-order valence-corrected chi connectivity index (χ4v) is 2.69. The van der Waals surface area contributed by atoms with Gasteiger partial charge in [0.05, 0.1) is 6.07 Å². The van der Waals surface area contributed by atoms with Crippen LogP contribution in [0, 0.1) is 17.9 Å². The van der Waals surface area contributed by atoms with Crippen LogP contribution < -0.4 is 10.6 Å². The molecule has 0 unspecified atom stereocenters. The van der Waals surface area contributed by atoms with Crippen molar-refractivity contribution in [1.82, 2.24) is 10.6 Å². The zero-order valence-corrected chi connectivity index (χ0v) is 16.3. The summed E-state index contributed by atoms with van der Waals surface area (Å²) in [6, 6.07) is 2.06. The van der Waals surface area contributed by atoms with Gasteiger partial charge >= 0.3 is 0 Å². The third-order valence-electron chi connectivity index (χ3n) is 4.61. The maximum Gasteiger partial charge on any atom is 0.214 e. The first-order valence-corrected chi connectivity index (χ1v) is 9.63. The summed E-state index contributed by atoms with van der Waals surface area (Å²) >= 11 is 0. The Morgan fingerprint density at radius 3 is 1.64 bits per heavy atom. The molecule has 0 aliphatic rings. The normalized spacial score (nSPS) is 11.2. The van der Waals surface area contributed by atoms with Crippen LogP contribution in [-0.4, -0.2) is 55.9 Å². The molecule has 0 aromatic heterocycles. The van der Waals surface area contributed by atoms with Crippen molar-refractivity contribution < 1.29 is 19.2 Å². The number of nitrogens with zero attached hydrogens (tertiary/aromatic N) is 2. The van der Waals surface area contributed by atoms with E-state index >= 15 is 0 Å². The van der Waals surface area contributed by atoms with Crippen molar-refractivity contribution in [1.29, 1.82) is 5.26 Å². The lowest BCUT2D eigenvalue weighted by molar-refractivity contribution is -0.127. The summed E-state index contributed by atoms with van der Waals surface area (Å²) in [6.07, 6.45) is 7.11. The van der Waals surface area contributed by atoms with E-state index in [1.54, 1.807) is 0 Å². The highest BCUT2D eigenvalue weighted by Gasteiger charge is 2.35. The fourth-order valence-electron chi connectivity index (χ4n) is 2.69. The standard InChI is InChI=1S/C20H30N4O4/c1-22-12-6-4-8-14-24-20(17-27,18-28)10-9-19(15-25,16-26)23-13-7-3-2-5-11-21/h15-18,23-24H,2-10,12-14H2. The van der Waals surface area contributed by atoms with E-state index < -0.39 is 11.1 Å². The number of nitriles is 1. The highest BCUT2D eigenvalue weighted by atomic mass is 16.1. The van der Waals surface area contributed by atoms with Crippen molar-refractivity contribution in [3.05, 3.63) is 11.4 Å². The number of nitrogens with one attached hydrogen (secondary N) is 2. The molecule has 0 aliphatic carbocycles. The van der Waals surface area contributed by atoms with Crippen molar-refractivity contribution in [2.75, 3.05) is 19.6 Å². The third kappa shape index (κ3) is 10.1. The largest absolute Gasteiger partial charge is 0.317 e. The lowest BCUT2D eigenvalue weighted by atomic mass is 9.87. The van der Waals surface area contributed by atoms with Crippen LogP contribution in [0.15, 0.2) is 0 Å². The van der Waals surface area contributed by atoms with E-state index in [1.165, 1.54) is 0 Å². The second-order valence-corrected chi connectivity index (χ2v) is 6.82. The third-order valence-corrected chi connectivity index (χ3v) is 4.61. The highest BCUT2D eigenvalue weighted by Crippen LogP contribution is 2.16. The summed E-state index contributed by atoms with van der Waals surface area (Å²) < 4.78 is 0. The summed E-state index contributed by atoms with van der Waals surface area (Å²) in [5, 5.41) is 14.3. The quantitative estimate of drug-likeness (QED) is 0.148. The molecule has 2 N–H and O–H groups in total. The van der Waals surface area contributed by atoms with Crippen LogP contribution in [0.5, 0.6) is 0 Å². The average Bonchev–Trinajstić information content (AvgIpc) is 2.74. The monoisotopic (exact) mass is 390 g/mol. The molecule has 0 heterocycles. The van der Waals surface area contributed by atoms with Gasteiger partial charge in [-0.1, -0.05) is 6.42 Å². The van der Waals surface area contributed by atoms with E-state index in [0.717, 1.165) is 25.7 Å². The summed E-state index contributed by atoms with van der Waals surface area (Å²) in [5.74, 6) is 0. The zero-order chi connectivity index (χ0) is 21.1. The van der Waals surface area contributed by atoms with Gasteiger partial charge in [0.25, 0.3) is 0 Å². The second kappa shape index (κ2) is 15.6. The number of rotatable bonds is 19. The van der Waals surface area contributed by atoms with E-state index in [0.29, 0.717) is 64.0 Å². The first-order valence-electron chi connectivity index (χ1n) is 9.63. The summed E-state index contributed by atoms with van der Waals surface area (Å²) in [5.41, 5.74) is -2.88. The maximum absolute atomic E-state index is 11.5. The summed E-state index contributed by atoms with van der Waals surface area (Å²) in [6.45, 7) is 8.03. The Kier molecular flexibility index (Phi) is 14.3. The molecule has 0 saturated heterocycles. The number of hydrogen-bond acceptors (Lipinski definition) is 7. The molecule has 0 radical (unpaired) electrons. The van der Waals surface area contributed by atoms with Crippen molar-refractivity contribution >= 4 is 25.1 Å². The molecular weight excluding hydrogens is 360 g/mol. The summed E-state index contributed by atoms with van der Waals surface area (Å²) in [4.78, 5) is 49.3. The molecule has 0 amide bonds. The van der Waals surface area contributed by atoms with Gasteiger partial charge < -0.3 is 24.0 Å². The van der Waals surface area contributed by atoms with Gasteiger partial charge in [0, 0.05) is 12.8 Å². The number of unbranched alkanes of at least 4 members (excludes halogenated alkanes) is 5. The van der Waals surface area contributed by atoms with Crippen molar-refractivity contribution in [3.8, 4) is 6.07 Å². The van der Waals surface area contributed by atoms with E-state index in [4.69, 9.17) is 11.8 Å². The van der Waals surface area contributed by atoms with Crippen LogP contribution in [0.25, 0.3) is 4.85 Å². The maximum atomic E-state index is 11.5. The average molecular weight is 390 g/mol. The molecule has 154 valence electrons. The number of hydrogen-bond donors (Lipinski definition) is 2. The van der Waals surface area contributed by atoms with Gasteiger partial charge in [-0.2, -0.15) is 5.26 Å². The Labute approximate surface area is 166 Å². The van der Waals surface area contributed by atoms with Gasteiger partial charge in [0.2, 0.25) is 6.54 Å². The van der Waals surface area contributed by atoms with Crippen LogP contribution in [0.4, 0.5) is 0 Å². The van der Waals surface area contributed by atoms with Gasteiger partial charge in [0.1, 0.15) is 36.2 Å². The molecule has 0 saturated carbocycles. The fraction of sp³-hybridized carbons (Fsp3) is 0.700. The zero-order valence-electron chi connectivity index (χ0n) is 16.3. The lowest BCUT2D eigenvalue weighted by Crippen LogP contribution is -2.54.